The van der Waals surface area contributed by atoms with Crippen molar-refractivity contribution in [2.24, 2.45) is 0 Å². The summed E-state index contributed by atoms with van der Waals surface area (Å²) >= 11 is 0. The fourth-order valence-electron chi connectivity index (χ4n) is 3.20. The molecule has 26 heavy (non-hydrogen) atoms. The first kappa shape index (κ1) is 18.1. The molecule has 136 valence electrons. The number of anilines is 1. The molecule has 0 radical (unpaired) electrons. The van der Waals surface area contributed by atoms with Crippen LogP contribution in [-0.2, 0) is 14.8 Å². The maximum absolute atomic E-state index is 13.2. The minimum Gasteiger partial charge on any atom is -0.481 e. The number of sulfonamides is 1. The van der Waals surface area contributed by atoms with Crippen molar-refractivity contribution in [2.75, 3.05) is 10.8 Å². The summed E-state index contributed by atoms with van der Waals surface area (Å²) in [6.45, 7) is 1.79. The molecule has 1 atom stereocenters. The van der Waals surface area contributed by atoms with Gasteiger partial charge in [0.2, 0.25) is 0 Å². The molecule has 3 rings (SSSR count). The molecule has 7 heteroatoms. The van der Waals surface area contributed by atoms with E-state index in [4.69, 9.17) is 0 Å². The Labute approximate surface area is 152 Å². The first-order chi connectivity index (χ1) is 12.4. The summed E-state index contributed by atoms with van der Waals surface area (Å²) < 4.78 is 27.5. The van der Waals surface area contributed by atoms with Gasteiger partial charge in [-0.25, -0.2) is 8.42 Å². The van der Waals surface area contributed by atoms with E-state index in [1.807, 2.05) is 0 Å². The van der Waals surface area contributed by atoms with E-state index in [-0.39, 0.29) is 30.1 Å². The fourth-order valence-corrected chi connectivity index (χ4v) is 4.75. The Kier molecular flexibility index (Phi) is 4.82. The molecule has 2 aromatic carbocycles. The number of benzene rings is 2. The van der Waals surface area contributed by atoms with Gasteiger partial charge in [0.25, 0.3) is 10.0 Å². The highest BCUT2D eigenvalue weighted by atomic mass is 32.2. The molecule has 0 saturated carbocycles. The number of carbonyl (C=O) groups is 2. The van der Waals surface area contributed by atoms with Gasteiger partial charge in [0.15, 0.2) is 5.78 Å². The second kappa shape index (κ2) is 6.92. The van der Waals surface area contributed by atoms with Gasteiger partial charge in [-0.2, -0.15) is 0 Å². The van der Waals surface area contributed by atoms with Gasteiger partial charge in [-0.15, -0.1) is 0 Å². The molecule has 0 fully saturated rings. The lowest BCUT2D eigenvalue weighted by molar-refractivity contribution is -0.139. The van der Waals surface area contributed by atoms with Gasteiger partial charge in [-0.3, -0.25) is 13.9 Å². The lowest BCUT2D eigenvalue weighted by Crippen LogP contribution is -2.38. The third-order valence-corrected chi connectivity index (χ3v) is 6.37. The smallest absolute Gasteiger partial charge is 0.311 e. The normalized spacial score (nSPS) is 16.8. The third-order valence-electron chi connectivity index (χ3n) is 4.56. The fraction of sp³-hybridized carbons (Fsp3) is 0.263. The predicted molar refractivity (Wildman–Crippen MR) is 97.0 cm³/mol. The first-order valence-corrected chi connectivity index (χ1v) is 9.78. The van der Waals surface area contributed by atoms with E-state index in [1.54, 1.807) is 43.3 Å². The van der Waals surface area contributed by atoms with Crippen LogP contribution in [0.15, 0.2) is 53.4 Å². The quantitative estimate of drug-likeness (QED) is 0.814. The summed E-state index contributed by atoms with van der Waals surface area (Å²) in [6.07, 6.45) is 0.482. The maximum Gasteiger partial charge on any atom is 0.311 e. The number of fused-ring (bicyclic) bond motifs is 1. The zero-order valence-electron chi connectivity index (χ0n) is 14.3. The van der Waals surface area contributed by atoms with Crippen molar-refractivity contribution in [3.05, 3.63) is 59.7 Å². The van der Waals surface area contributed by atoms with Crippen molar-refractivity contribution in [1.29, 1.82) is 0 Å². The molecular weight excluding hydrogens is 354 g/mol. The number of carbonyl (C=O) groups excluding carboxylic acids is 1. The number of Topliss-reactive ketones (excluding diaryl/α,β-unsaturated/α-hetero) is 1. The molecule has 0 saturated heterocycles. The van der Waals surface area contributed by atoms with Crippen LogP contribution in [0.25, 0.3) is 0 Å². The van der Waals surface area contributed by atoms with Crippen LogP contribution >= 0.6 is 0 Å². The molecule has 0 aliphatic carbocycles. The lowest BCUT2D eigenvalue weighted by atomic mass is 9.91. The predicted octanol–water partition coefficient (Wildman–Crippen LogP) is 3.05. The van der Waals surface area contributed by atoms with E-state index < -0.39 is 21.9 Å². The first-order valence-electron chi connectivity index (χ1n) is 8.34. The van der Waals surface area contributed by atoms with Gasteiger partial charge in [0, 0.05) is 18.5 Å². The maximum atomic E-state index is 13.2. The standard InChI is InChI=1S/C19H19NO5S/c1-2-18(21)13-6-5-7-14(12-13)26(24,25)20-11-10-16(19(22)23)15-8-3-4-9-17(15)20/h3-9,12,16H,2,10-11H2,1H3,(H,22,23). The van der Waals surface area contributed by atoms with Crippen molar-refractivity contribution in [3.63, 3.8) is 0 Å². The Morgan fingerprint density at radius 1 is 1.15 bits per heavy atom. The van der Waals surface area contributed by atoms with Crippen LogP contribution in [-0.4, -0.2) is 31.8 Å². The molecule has 0 bridgehead atoms. The molecule has 1 heterocycles. The lowest BCUT2D eigenvalue weighted by Gasteiger charge is -2.33. The third kappa shape index (κ3) is 3.10. The van der Waals surface area contributed by atoms with E-state index in [1.165, 1.54) is 16.4 Å². The molecule has 1 aliphatic rings. The average molecular weight is 373 g/mol. The van der Waals surface area contributed by atoms with E-state index in [2.05, 4.69) is 0 Å². The van der Waals surface area contributed by atoms with Crippen LogP contribution in [0.4, 0.5) is 5.69 Å². The van der Waals surface area contributed by atoms with Gasteiger partial charge < -0.3 is 5.11 Å². The van der Waals surface area contributed by atoms with Crippen LogP contribution < -0.4 is 4.31 Å². The molecule has 0 aromatic heterocycles. The minimum absolute atomic E-state index is 0.0281. The average Bonchev–Trinajstić information content (AvgIpc) is 2.66. The molecule has 1 N–H and O–H groups in total. The highest BCUT2D eigenvalue weighted by Crippen LogP contribution is 2.38. The Bertz CT molecular complexity index is 967. The van der Waals surface area contributed by atoms with E-state index in [9.17, 15) is 23.1 Å². The highest BCUT2D eigenvalue weighted by Gasteiger charge is 2.35. The molecule has 1 aliphatic heterocycles. The summed E-state index contributed by atoms with van der Waals surface area (Å²) in [4.78, 5) is 23.4. The Morgan fingerprint density at radius 2 is 1.88 bits per heavy atom. The Morgan fingerprint density at radius 3 is 2.58 bits per heavy atom. The van der Waals surface area contributed by atoms with Gasteiger partial charge >= 0.3 is 5.97 Å². The van der Waals surface area contributed by atoms with Crippen molar-refractivity contribution in [1.82, 2.24) is 0 Å². The van der Waals surface area contributed by atoms with E-state index >= 15 is 0 Å². The van der Waals surface area contributed by atoms with E-state index in [0.717, 1.165) is 0 Å². The van der Waals surface area contributed by atoms with Crippen molar-refractivity contribution >= 4 is 27.5 Å². The van der Waals surface area contributed by atoms with Crippen LogP contribution in [0.2, 0.25) is 0 Å². The highest BCUT2D eigenvalue weighted by molar-refractivity contribution is 7.92. The number of hydrogen-bond donors (Lipinski definition) is 1. The van der Waals surface area contributed by atoms with E-state index in [0.29, 0.717) is 16.8 Å². The SMILES string of the molecule is CCC(=O)c1cccc(S(=O)(=O)N2CCC(C(=O)O)c3ccccc32)c1. The second-order valence-electron chi connectivity index (χ2n) is 6.12. The van der Waals surface area contributed by atoms with Gasteiger partial charge in [-0.1, -0.05) is 37.3 Å². The van der Waals surface area contributed by atoms with Gasteiger partial charge in [0.1, 0.15) is 0 Å². The van der Waals surface area contributed by atoms with Crippen molar-refractivity contribution < 1.29 is 23.1 Å². The minimum atomic E-state index is -3.90. The Hall–Kier alpha value is -2.67. The number of hydrogen-bond acceptors (Lipinski definition) is 4. The molecule has 6 nitrogen and oxygen atoms in total. The topological polar surface area (TPSA) is 91.8 Å². The number of rotatable bonds is 5. The molecular formula is C19H19NO5S. The number of carboxylic acids is 1. The summed E-state index contributed by atoms with van der Waals surface area (Å²) in [5.41, 5.74) is 1.20. The number of carboxylic acid groups (broad SMARTS) is 1. The van der Waals surface area contributed by atoms with Crippen LogP contribution in [0.5, 0.6) is 0 Å². The molecule has 0 amide bonds. The monoisotopic (exact) mass is 373 g/mol. The Balaban J connectivity index is 2.07. The van der Waals surface area contributed by atoms with Crippen LogP contribution in [0, 0.1) is 0 Å². The number of aliphatic carboxylic acids is 1. The zero-order chi connectivity index (χ0) is 18.9. The molecule has 1 unspecified atom stereocenters. The molecule has 2 aromatic rings. The van der Waals surface area contributed by atoms with Crippen molar-refractivity contribution in [3.8, 4) is 0 Å². The number of ketones is 1. The number of para-hydroxylation sites is 1. The largest absolute Gasteiger partial charge is 0.481 e. The summed E-state index contributed by atoms with van der Waals surface area (Å²) in [5.74, 6) is -1.83. The van der Waals surface area contributed by atoms with Gasteiger partial charge in [0.05, 0.1) is 16.5 Å². The summed E-state index contributed by atoms with van der Waals surface area (Å²) in [7, 11) is -3.90. The van der Waals surface area contributed by atoms with Crippen LogP contribution in [0.3, 0.4) is 0 Å². The second-order valence-corrected chi connectivity index (χ2v) is 7.98. The number of nitrogens with zero attached hydrogens (tertiary/aromatic N) is 1. The molecule has 0 spiro atoms. The van der Waals surface area contributed by atoms with Crippen LogP contribution in [0.1, 0.15) is 41.6 Å². The zero-order valence-corrected chi connectivity index (χ0v) is 15.1. The summed E-state index contributed by atoms with van der Waals surface area (Å²) in [5, 5.41) is 9.41. The summed E-state index contributed by atoms with van der Waals surface area (Å²) in [6, 6.07) is 12.6. The van der Waals surface area contributed by atoms with Crippen molar-refractivity contribution in [2.45, 2.75) is 30.6 Å². The van der Waals surface area contributed by atoms with Gasteiger partial charge in [-0.05, 0) is 30.2 Å².